The van der Waals surface area contributed by atoms with Crippen molar-refractivity contribution >= 4 is 59.4 Å². The zero-order chi connectivity index (χ0) is 29.4. The van der Waals surface area contributed by atoms with E-state index >= 15 is 0 Å². The van der Waals surface area contributed by atoms with Gasteiger partial charge in [0.05, 0.1) is 22.2 Å². The summed E-state index contributed by atoms with van der Waals surface area (Å²) in [5, 5.41) is 2.84. The van der Waals surface area contributed by atoms with Crippen LogP contribution < -0.4 is 14.4 Å². The lowest BCUT2D eigenvalue weighted by atomic mass is 10.1. The van der Waals surface area contributed by atoms with Crippen LogP contribution in [-0.4, -0.2) is 51.4 Å². The molecule has 1 N–H and O–H groups in total. The first kappa shape index (κ1) is 31.6. The summed E-state index contributed by atoms with van der Waals surface area (Å²) in [5.41, 5.74) is 2.07. The van der Waals surface area contributed by atoms with Gasteiger partial charge in [-0.25, -0.2) is 8.42 Å². The van der Waals surface area contributed by atoms with E-state index in [-0.39, 0.29) is 17.3 Å². The molecule has 0 aromatic heterocycles. The van der Waals surface area contributed by atoms with E-state index < -0.39 is 28.5 Å². The third kappa shape index (κ3) is 7.86. The van der Waals surface area contributed by atoms with Crippen molar-refractivity contribution in [3.05, 3.63) is 86.8 Å². The van der Waals surface area contributed by atoms with Gasteiger partial charge in [-0.1, -0.05) is 52.7 Å². The number of carbonyl (C=O) groups excluding carboxylic acids is 2. The molecular weight excluding hydrogens is 662 g/mol. The standard InChI is InChI=1S/C29H33Br2N3O5S/c1-5-16-32-29(36)21(3)33(18-22-8-10-23(30)11-9-22)28(35)19-34(24-12-6-20(2)7-13-24)40(37,38)25-14-15-27(39-4)26(31)17-25/h6-15,17,21H,5,16,18-19H2,1-4H3,(H,32,36). The number of sulfonamides is 1. The van der Waals surface area contributed by atoms with Crippen molar-refractivity contribution in [3.63, 3.8) is 0 Å². The number of carbonyl (C=O) groups is 2. The number of aryl methyl sites for hydroxylation is 1. The van der Waals surface area contributed by atoms with Crippen LogP contribution in [0.15, 0.2) is 80.6 Å². The van der Waals surface area contributed by atoms with Crippen LogP contribution in [0.25, 0.3) is 0 Å². The van der Waals surface area contributed by atoms with Gasteiger partial charge < -0.3 is 15.0 Å². The molecule has 8 nitrogen and oxygen atoms in total. The van der Waals surface area contributed by atoms with Crippen LogP contribution in [0.1, 0.15) is 31.4 Å². The van der Waals surface area contributed by atoms with Crippen LogP contribution in [0.5, 0.6) is 5.75 Å². The van der Waals surface area contributed by atoms with Gasteiger partial charge >= 0.3 is 0 Å². The Labute approximate surface area is 253 Å². The SMILES string of the molecule is CCCNC(=O)C(C)N(Cc1ccc(Br)cc1)C(=O)CN(c1ccc(C)cc1)S(=O)(=O)c1ccc(OC)c(Br)c1. The van der Waals surface area contributed by atoms with Crippen molar-refractivity contribution in [2.75, 3.05) is 24.5 Å². The zero-order valence-electron chi connectivity index (χ0n) is 22.9. The topological polar surface area (TPSA) is 96.0 Å². The fraction of sp³-hybridized carbons (Fsp3) is 0.310. The van der Waals surface area contributed by atoms with Gasteiger partial charge in [0.25, 0.3) is 10.0 Å². The summed E-state index contributed by atoms with van der Waals surface area (Å²) >= 11 is 6.77. The average Bonchev–Trinajstić information content (AvgIpc) is 2.94. The lowest BCUT2D eigenvalue weighted by Gasteiger charge is -2.32. The first-order chi connectivity index (χ1) is 19.0. The molecule has 11 heteroatoms. The van der Waals surface area contributed by atoms with E-state index in [1.165, 1.54) is 24.1 Å². The number of nitrogens with zero attached hydrogens (tertiary/aromatic N) is 2. The van der Waals surface area contributed by atoms with Gasteiger partial charge in [-0.15, -0.1) is 0 Å². The van der Waals surface area contributed by atoms with Crippen molar-refractivity contribution in [2.24, 2.45) is 0 Å². The zero-order valence-corrected chi connectivity index (χ0v) is 26.8. The first-order valence-corrected chi connectivity index (χ1v) is 15.7. The number of amides is 2. The second-order valence-corrected chi connectivity index (χ2v) is 12.9. The molecule has 1 unspecified atom stereocenters. The van der Waals surface area contributed by atoms with Crippen molar-refractivity contribution < 1.29 is 22.7 Å². The molecule has 0 saturated heterocycles. The summed E-state index contributed by atoms with van der Waals surface area (Å²) in [6.07, 6.45) is 0.746. The summed E-state index contributed by atoms with van der Waals surface area (Å²) in [6, 6.07) is 17.9. The third-order valence-electron chi connectivity index (χ3n) is 6.29. The minimum Gasteiger partial charge on any atom is -0.496 e. The maximum atomic E-state index is 14.0. The highest BCUT2D eigenvalue weighted by molar-refractivity contribution is 9.10. The van der Waals surface area contributed by atoms with Gasteiger partial charge in [-0.05, 0) is 84.2 Å². The molecule has 1 atom stereocenters. The number of ether oxygens (including phenoxy) is 1. The Morgan fingerprint density at radius 3 is 2.23 bits per heavy atom. The van der Waals surface area contributed by atoms with Crippen LogP contribution in [0.2, 0.25) is 0 Å². The van der Waals surface area contributed by atoms with Crippen LogP contribution in [-0.2, 0) is 26.2 Å². The second-order valence-electron chi connectivity index (χ2n) is 9.26. The molecular formula is C29H33Br2N3O5S. The van der Waals surface area contributed by atoms with Crippen molar-refractivity contribution in [1.82, 2.24) is 10.2 Å². The molecule has 214 valence electrons. The third-order valence-corrected chi connectivity index (χ3v) is 9.21. The molecule has 3 aromatic rings. The summed E-state index contributed by atoms with van der Waals surface area (Å²) in [6.45, 7) is 5.58. The van der Waals surface area contributed by atoms with Gasteiger partial charge in [0.1, 0.15) is 18.3 Å². The largest absolute Gasteiger partial charge is 0.496 e. The molecule has 3 rings (SSSR count). The Morgan fingerprint density at radius 1 is 1.00 bits per heavy atom. The van der Waals surface area contributed by atoms with Crippen LogP contribution in [0.3, 0.4) is 0 Å². The maximum Gasteiger partial charge on any atom is 0.264 e. The number of nitrogens with one attached hydrogen (secondary N) is 1. The molecule has 0 heterocycles. The molecule has 0 bridgehead atoms. The number of hydrogen-bond donors (Lipinski definition) is 1. The van der Waals surface area contributed by atoms with Crippen LogP contribution >= 0.6 is 31.9 Å². The number of methoxy groups -OCH3 is 1. The van der Waals surface area contributed by atoms with Crippen molar-refractivity contribution in [1.29, 1.82) is 0 Å². The molecule has 0 aliphatic carbocycles. The normalized spacial score (nSPS) is 11.9. The van der Waals surface area contributed by atoms with Crippen molar-refractivity contribution in [3.8, 4) is 5.75 Å². The van der Waals surface area contributed by atoms with E-state index in [2.05, 4.69) is 37.2 Å². The van der Waals surface area contributed by atoms with E-state index in [1.54, 1.807) is 37.3 Å². The molecule has 3 aromatic carbocycles. The quantitative estimate of drug-likeness (QED) is 0.264. The molecule has 2 amide bonds. The minimum atomic E-state index is -4.19. The molecule has 0 radical (unpaired) electrons. The Balaban J connectivity index is 2.03. The maximum absolute atomic E-state index is 14.0. The summed E-state index contributed by atoms with van der Waals surface area (Å²) in [7, 11) is -2.70. The molecule has 0 saturated carbocycles. The van der Waals surface area contributed by atoms with Gasteiger partial charge in [0.15, 0.2) is 0 Å². The fourth-order valence-corrected chi connectivity index (χ4v) is 6.34. The number of halogens is 2. The predicted octanol–water partition coefficient (Wildman–Crippen LogP) is 5.67. The Kier molecular flexibility index (Phi) is 11.2. The highest BCUT2D eigenvalue weighted by Gasteiger charge is 2.32. The summed E-state index contributed by atoms with van der Waals surface area (Å²) < 4.78 is 35.6. The number of anilines is 1. The number of rotatable bonds is 12. The molecule has 0 aliphatic rings. The monoisotopic (exact) mass is 693 g/mol. The predicted molar refractivity (Wildman–Crippen MR) is 164 cm³/mol. The fourth-order valence-electron chi connectivity index (χ4n) is 3.94. The molecule has 0 fully saturated rings. The lowest BCUT2D eigenvalue weighted by Crippen LogP contribution is -2.51. The Bertz CT molecular complexity index is 1430. The van der Waals surface area contributed by atoms with E-state index in [9.17, 15) is 18.0 Å². The molecule has 0 spiro atoms. The molecule has 40 heavy (non-hydrogen) atoms. The van der Waals surface area contributed by atoms with Gasteiger partial charge in [0, 0.05) is 17.6 Å². The highest BCUT2D eigenvalue weighted by Crippen LogP contribution is 2.31. The van der Waals surface area contributed by atoms with Crippen LogP contribution in [0, 0.1) is 6.92 Å². The summed E-state index contributed by atoms with van der Waals surface area (Å²) in [4.78, 5) is 28.3. The van der Waals surface area contributed by atoms with E-state index in [4.69, 9.17) is 4.74 Å². The van der Waals surface area contributed by atoms with Gasteiger partial charge in [0.2, 0.25) is 11.8 Å². The smallest absolute Gasteiger partial charge is 0.264 e. The van der Waals surface area contributed by atoms with Crippen LogP contribution in [0.4, 0.5) is 5.69 Å². The van der Waals surface area contributed by atoms with Crippen molar-refractivity contribution in [2.45, 2.75) is 44.7 Å². The van der Waals surface area contributed by atoms with Gasteiger partial charge in [-0.3, -0.25) is 13.9 Å². The Morgan fingerprint density at radius 2 is 1.65 bits per heavy atom. The number of hydrogen-bond acceptors (Lipinski definition) is 5. The number of benzene rings is 3. The van der Waals surface area contributed by atoms with E-state index in [0.29, 0.717) is 22.5 Å². The summed E-state index contributed by atoms with van der Waals surface area (Å²) in [5.74, 6) is -0.348. The lowest BCUT2D eigenvalue weighted by molar-refractivity contribution is -0.139. The molecule has 0 aliphatic heterocycles. The first-order valence-electron chi connectivity index (χ1n) is 12.7. The Hall–Kier alpha value is -2.89. The highest BCUT2D eigenvalue weighted by atomic mass is 79.9. The second kappa shape index (κ2) is 14.1. The minimum absolute atomic E-state index is 0.0123. The van der Waals surface area contributed by atoms with E-state index in [0.717, 1.165) is 26.3 Å². The van der Waals surface area contributed by atoms with E-state index in [1.807, 2.05) is 38.1 Å². The van der Waals surface area contributed by atoms with Gasteiger partial charge in [-0.2, -0.15) is 0 Å². The average molecular weight is 695 g/mol.